The zero-order chi connectivity index (χ0) is 11.0. The molecule has 3 rings (SSSR count). The smallest absolute Gasteiger partial charge is 0.246 e. The first-order valence-electron chi connectivity index (χ1n) is 5.80. The van der Waals surface area contributed by atoms with E-state index in [2.05, 4.69) is 23.5 Å². The molecule has 3 heteroatoms. The number of carbonyl (C=O) groups excluding carboxylic acids is 1. The largest absolute Gasteiger partial charge is 0.369 e. The number of hydrogen-bond donors (Lipinski definition) is 1. The third kappa shape index (κ3) is 1.83. The summed E-state index contributed by atoms with van der Waals surface area (Å²) in [7, 11) is 0. The lowest BCUT2D eigenvalue weighted by Gasteiger charge is -2.25. The van der Waals surface area contributed by atoms with Crippen molar-refractivity contribution in [2.24, 2.45) is 0 Å². The normalized spacial score (nSPS) is 25.2. The fraction of sp³-hybridized carbons (Fsp3) is 0.462. The van der Waals surface area contributed by atoms with E-state index in [1.165, 1.54) is 24.0 Å². The second-order valence-electron chi connectivity index (χ2n) is 4.54. The molecule has 3 nitrogen and oxygen atoms in total. The summed E-state index contributed by atoms with van der Waals surface area (Å²) in [5.41, 5.74) is 2.62. The van der Waals surface area contributed by atoms with Gasteiger partial charge in [-0.3, -0.25) is 4.79 Å². The molecule has 1 saturated heterocycles. The van der Waals surface area contributed by atoms with Crippen LogP contribution in [0.1, 0.15) is 35.9 Å². The fourth-order valence-electron chi connectivity index (χ4n) is 2.31. The highest BCUT2D eigenvalue weighted by molar-refractivity contribution is 5.78. The topological polar surface area (TPSA) is 38.3 Å². The Morgan fingerprint density at radius 1 is 1.19 bits per heavy atom. The van der Waals surface area contributed by atoms with Gasteiger partial charge in [-0.1, -0.05) is 24.3 Å². The maximum absolute atomic E-state index is 11.3. The monoisotopic (exact) mass is 217 g/mol. The van der Waals surface area contributed by atoms with Crippen LogP contribution in [0.15, 0.2) is 24.3 Å². The molecule has 1 atom stereocenters. The summed E-state index contributed by atoms with van der Waals surface area (Å²) in [6.07, 6.45) is 2.55. The van der Waals surface area contributed by atoms with Gasteiger partial charge in [-0.25, -0.2) is 0 Å². The van der Waals surface area contributed by atoms with E-state index < -0.39 is 0 Å². The fourth-order valence-corrected chi connectivity index (χ4v) is 2.31. The lowest BCUT2D eigenvalue weighted by Crippen LogP contribution is -2.40. The molecular weight excluding hydrogens is 202 g/mol. The van der Waals surface area contributed by atoms with Gasteiger partial charge in [0.2, 0.25) is 5.91 Å². The summed E-state index contributed by atoms with van der Waals surface area (Å²) in [5.74, 6) is 0.692. The SMILES string of the molecule is O=C1COCC(c2ccccc2C2CC2)N1. The van der Waals surface area contributed by atoms with E-state index in [1.54, 1.807) is 0 Å². The van der Waals surface area contributed by atoms with Crippen molar-refractivity contribution in [2.75, 3.05) is 13.2 Å². The maximum Gasteiger partial charge on any atom is 0.246 e. The van der Waals surface area contributed by atoms with E-state index in [0.717, 1.165) is 0 Å². The summed E-state index contributed by atoms with van der Waals surface area (Å²) in [5, 5.41) is 2.99. The van der Waals surface area contributed by atoms with Crippen molar-refractivity contribution < 1.29 is 9.53 Å². The summed E-state index contributed by atoms with van der Waals surface area (Å²) >= 11 is 0. The van der Waals surface area contributed by atoms with Crippen LogP contribution in [-0.2, 0) is 9.53 Å². The van der Waals surface area contributed by atoms with Crippen molar-refractivity contribution in [1.29, 1.82) is 0 Å². The number of ether oxygens (including phenoxy) is 1. The highest BCUT2D eigenvalue weighted by atomic mass is 16.5. The number of morpholine rings is 1. The van der Waals surface area contributed by atoms with Gasteiger partial charge in [0.15, 0.2) is 0 Å². The molecule has 0 radical (unpaired) electrons. The standard InChI is InChI=1S/C13H15NO2/c15-13-8-16-7-12(14-13)11-4-2-1-3-10(11)9-5-6-9/h1-4,9,12H,5-8H2,(H,14,15). The minimum absolute atomic E-state index is 0.0122. The Kier molecular flexibility index (Phi) is 2.40. The molecule has 16 heavy (non-hydrogen) atoms. The second-order valence-corrected chi connectivity index (χ2v) is 4.54. The van der Waals surface area contributed by atoms with Crippen molar-refractivity contribution in [3.63, 3.8) is 0 Å². The molecule has 1 heterocycles. The lowest BCUT2D eigenvalue weighted by molar-refractivity contribution is -0.131. The Hall–Kier alpha value is -1.35. The molecule has 1 aromatic rings. The highest BCUT2D eigenvalue weighted by Gasteiger charge is 2.29. The predicted octanol–water partition coefficient (Wildman–Crippen LogP) is 1.75. The Labute approximate surface area is 94.8 Å². The molecule has 1 aromatic carbocycles. The maximum atomic E-state index is 11.3. The first-order valence-corrected chi connectivity index (χ1v) is 5.80. The van der Waals surface area contributed by atoms with E-state index in [0.29, 0.717) is 12.5 Å². The Balaban J connectivity index is 1.89. The summed E-state index contributed by atoms with van der Waals surface area (Å²) in [6.45, 7) is 0.789. The van der Waals surface area contributed by atoms with Crippen LogP contribution in [-0.4, -0.2) is 19.1 Å². The third-order valence-electron chi connectivity index (χ3n) is 3.24. The van der Waals surface area contributed by atoms with Crippen LogP contribution in [0, 0.1) is 0 Å². The molecule has 1 aliphatic heterocycles. The van der Waals surface area contributed by atoms with E-state index in [-0.39, 0.29) is 18.6 Å². The van der Waals surface area contributed by atoms with Crippen LogP contribution < -0.4 is 5.32 Å². The van der Waals surface area contributed by atoms with Gasteiger partial charge in [0.25, 0.3) is 0 Å². The number of amides is 1. The number of benzene rings is 1. The van der Waals surface area contributed by atoms with Crippen LogP contribution in [0.25, 0.3) is 0 Å². The van der Waals surface area contributed by atoms with Gasteiger partial charge in [0.05, 0.1) is 12.6 Å². The van der Waals surface area contributed by atoms with Crippen molar-refractivity contribution in [1.82, 2.24) is 5.32 Å². The molecule has 2 aliphatic rings. The van der Waals surface area contributed by atoms with Gasteiger partial charge >= 0.3 is 0 Å². The number of hydrogen-bond acceptors (Lipinski definition) is 2. The Morgan fingerprint density at radius 3 is 2.62 bits per heavy atom. The summed E-state index contributed by atoms with van der Waals surface area (Å²) in [4.78, 5) is 11.3. The first kappa shape index (κ1) is 9.85. The van der Waals surface area contributed by atoms with Crippen LogP contribution >= 0.6 is 0 Å². The van der Waals surface area contributed by atoms with Gasteiger partial charge in [-0.2, -0.15) is 0 Å². The van der Waals surface area contributed by atoms with Crippen LogP contribution in [0.2, 0.25) is 0 Å². The quantitative estimate of drug-likeness (QED) is 0.819. The average Bonchev–Trinajstić information content (AvgIpc) is 3.13. The molecule has 0 spiro atoms. The van der Waals surface area contributed by atoms with Crippen molar-refractivity contribution >= 4 is 5.91 Å². The number of nitrogens with one attached hydrogen (secondary N) is 1. The molecule has 0 aromatic heterocycles. The Morgan fingerprint density at radius 2 is 1.94 bits per heavy atom. The van der Waals surface area contributed by atoms with Crippen molar-refractivity contribution in [3.05, 3.63) is 35.4 Å². The lowest BCUT2D eigenvalue weighted by atomic mass is 9.97. The summed E-state index contributed by atoms with van der Waals surface area (Å²) < 4.78 is 5.29. The third-order valence-corrected chi connectivity index (χ3v) is 3.24. The zero-order valence-electron chi connectivity index (χ0n) is 9.11. The molecule has 0 bridgehead atoms. The van der Waals surface area contributed by atoms with Crippen LogP contribution in [0.3, 0.4) is 0 Å². The first-order chi connectivity index (χ1) is 7.84. The second kappa shape index (κ2) is 3.91. The molecule has 1 aliphatic carbocycles. The number of rotatable bonds is 2. The van der Waals surface area contributed by atoms with E-state index in [4.69, 9.17) is 4.74 Å². The van der Waals surface area contributed by atoms with Gasteiger partial charge < -0.3 is 10.1 Å². The van der Waals surface area contributed by atoms with Gasteiger partial charge in [0.1, 0.15) is 6.61 Å². The van der Waals surface area contributed by atoms with E-state index in [9.17, 15) is 4.79 Å². The van der Waals surface area contributed by atoms with Crippen molar-refractivity contribution in [3.8, 4) is 0 Å². The minimum atomic E-state index is -0.0122. The number of carbonyl (C=O) groups is 1. The average molecular weight is 217 g/mol. The van der Waals surface area contributed by atoms with Crippen LogP contribution in [0.4, 0.5) is 0 Å². The zero-order valence-corrected chi connectivity index (χ0v) is 9.11. The molecule has 1 saturated carbocycles. The Bertz CT molecular complexity index is 412. The molecule has 1 N–H and O–H groups in total. The van der Waals surface area contributed by atoms with Gasteiger partial charge in [-0.15, -0.1) is 0 Å². The van der Waals surface area contributed by atoms with E-state index in [1.807, 2.05) is 6.07 Å². The molecule has 2 fully saturated rings. The molecular formula is C13H15NO2. The molecule has 1 unspecified atom stereocenters. The highest BCUT2D eigenvalue weighted by Crippen LogP contribution is 2.43. The predicted molar refractivity (Wildman–Crippen MR) is 60.1 cm³/mol. The van der Waals surface area contributed by atoms with Gasteiger partial charge in [0, 0.05) is 0 Å². The van der Waals surface area contributed by atoms with Gasteiger partial charge in [-0.05, 0) is 29.9 Å². The minimum Gasteiger partial charge on any atom is -0.369 e. The van der Waals surface area contributed by atoms with E-state index >= 15 is 0 Å². The molecule has 84 valence electrons. The molecule has 1 amide bonds. The summed E-state index contributed by atoms with van der Waals surface area (Å²) in [6, 6.07) is 8.42. The van der Waals surface area contributed by atoms with Crippen molar-refractivity contribution in [2.45, 2.75) is 24.8 Å². The van der Waals surface area contributed by atoms with Crippen LogP contribution in [0.5, 0.6) is 0 Å².